The summed E-state index contributed by atoms with van der Waals surface area (Å²) in [5.41, 5.74) is 5.60. The zero-order valence-corrected chi connectivity index (χ0v) is 21.9. The molecule has 4 nitrogen and oxygen atoms in total. The third-order valence-electron chi connectivity index (χ3n) is 7.07. The van der Waals surface area contributed by atoms with Gasteiger partial charge in [-0.2, -0.15) is 0 Å². The van der Waals surface area contributed by atoms with Crippen LogP contribution in [0, 0.1) is 11.8 Å². The molecule has 0 aliphatic heterocycles. The van der Waals surface area contributed by atoms with E-state index in [0.717, 1.165) is 33.8 Å². The van der Waals surface area contributed by atoms with Crippen molar-refractivity contribution in [3.8, 4) is 0 Å². The highest BCUT2D eigenvalue weighted by atomic mass is 32.2. The standard InChI is InChI=1S/C31H33N3OS/c1-4-36-30-16-10-9-15-29(30)34-31(35)23(20(2)3)17-24(25-18-32-27-13-7-5-11-21(25)27)26-19-33-28-14-8-6-12-22(26)28/h5-16,18-20,23-24,32-33H,4,17H2,1-3H3,(H,34,35). The lowest BCUT2D eigenvalue weighted by molar-refractivity contribution is -0.121. The molecule has 2 aromatic heterocycles. The molecule has 184 valence electrons. The minimum Gasteiger partial charge on any atom is -0.361 e. The number of hydrogen-bond acceptors (Lipinski definition) is 2. The first-order chi connectivity index (χ1) is 17.6. The predicted molar refractivity (Wildman–Crippen MR) is 153 cm³/mol. The summed E-state index contributed by atoms with van der Waals surface area (Å²) in [7, 11) is 0. The predicted octanol–water partition coefficient (Wildman–Crippen LogP) is 8.19. The number of carbonyl (C=O) groups excluding carboxylic acids is 1. The average Bonchev–Trinajstić information content (AvgIpc) is 3.51. The molecule has 1 atom stereocenters. The normalized spacial score (nSPS) is 12.6. The number of aromatic amines is 2. The molecule has 36 heavy (non-hydrogen) atoms. The Bertz CT molecular complexity index is 1410. The summed E-state index contributed by atoms with van der Waals surface area (Å²) in [4.78, 5) is 21.8. The zero-order valence-electron chi connectivity index (χ0n) is 21.0. The summed E-state index contributed by atoms with van der Waals surface area (Å²) in [6.45, 7) is 6.43. The van der Waals surface area contributed by atoms with E-state index in [1.165, 1.54) is 21.9 Å². The fourth-order valence-corrected chi connectivity index (χ4v) is 5.96. The summed E-state index contributed by atoms with van der Waals surface area (Å²) in [6, 6.07) is 24.9. The van der Waals surface area contributed by atoms with E-state index in [9.17, 15) is 4.79 Å². The van der Waals surface area contributed by atoms with Gasteiger partial charge in [0.25, 0.3) is 0 Å². The van der Waals surface area contributed by atoms with Gasteiger partial charge in [-0.05, 0) is 53.5 Å². The van der Waals surface area contributed by atoms with Crippen molar-refractivity contribution in [3.05, 3.63) is 96.3 Å². The summed E-state index contributed by atoms with van der Waals surface area (Å²) in [5.74, 6) is 1.14. The molecule has 2 heterocycles. The maximum absolute atomic E-state index is 13.8. The quantitative estimate of drug-likeness (QED) is 0.181. The van der Waals surface area contributed by atoms with Gasteiger partial charge in [0, 0.05) is 50.9 Å². The van der Waals surface area contributed by atoms with Gasteiger partial charge in [-0.3, -0.25) is 4.79 Å². The number of thioether (sulfide) groups is 1. The lowest BCUT2D eigenvalue weighted by Crippen LogP contribution is -2.29. The number of amides is 1. The monoisotopic (exact) mass is 495 g/mol. The number of nitrogens with one attached hydrogen (secondary N) is 3. The number of hydrogen-bond donors (Lipinski definition) is 3. The molecule has 5 rings (SSSR count). The second kappa shape index (κ2) is 10.7. The van der Waals surface area contributed by atoms with Crippen LogP contribution in [0.15, 0.2) is 90.1 Å². The Labute approximate surface area is 216 Å². The number of anilines is 1. The fourth-order valence-electron chi connectivity index (χ4n) is 5.20. The number of para-hydroxylation sites is 3. The number of fused-ring (bicyclic) bond motifs is 2. The van der Waals surface area contributed by atoms with Crippen LogP contribution in [-0.4, -0.2) is 21.6 Å². The maximum Gasteiger partial charge on any atom is 0.227 e. The third-order valence-corrected chi connectivity index (χ3v) is 8.02. The van der Waals surface area contributed by atoms with E-state index in [2.05, 4.69) is 103 Å². The van der Waals surface area contributed by atoms with Crippen molar-refractivity contribution in [1.82, 2.24) is 9.97 Å². The number of benzene rings is 3. The van der Waals surface area contributed by atoms with Gasteiger partial charge in [0.05, 0.1) is 5.69 Å². The molecular formula is C31H33N3OS. The van der Waals surface area contributed by atoms with Gasteiger partial charge in [-0.1, -0.05) is 69.3 Å². The molecule has 3 N–H and O–H groups in total. The number of carbonyl (C=O) groups is 1. The largest absolute Gasteiger partial charge is 0.361 e. The lowest BCUT2D eigenvalue weighted by atomic mass is 9.79. The average molecular weight is 496 g/mol. The summed E-state index contributed by atoms with van der Waals surface area (Å²) >= 11 is 1.75. The molecule has 0 spiro atoms. The van der Waals surface area contributed by atoms with E-state index in [4.69, 9.17) is 0 Å². The van der Waals surface area contributed by atoms with Crippen LogP contribution >= 0.6 is 11.8 Å². The number of rotatable bonds is 9. The van der Waals surface area contributed by atoms with Gasteiger partial charge in [-0.15, -0.1) is 11.8 Å². The smallest absolute Gasteiger partial charge is 0.227 e. The van der Waals surface area contributed by atoms with Crippen LogP contribution in [-0.2, 0) is 4.79 Å². The second-order valence-electron chi connectivity index (χ2n) is 9.64. The second-order valence-corrected chi connectivity index (χ2v) is 10.9. The van der Waals surface area contributed by atoms with E-state index < -0.39 is 0 Å². The first kappa shape index (κ1) is 24.3. The minimum absolute atomic E-state index is 0.0655. The van der Waals surface area contributed by atoms with Gasteiger partial charge < -0.3 is 15.3 Å². The van der Waals surface area contributed by atoms with Crippen molar-refractivity contribution in [2.75, 3.05) is 11.1 Å². The molecule has 0 bridgehead atoms. The molecule has 0 saturated heterocycles. The molecule has 1 amide bonds. The van der Waals surface area contributed by atoms with Crippen LogP contribution in [0.5, 0.6) is 0 Å². The highest BCUT2D eigenvalue weighted by molar-refractivity contribution is 7.99. The van der Waals surface area contributed by atoms with Crippen molar-refractivity contribution < 1.29 is 4.79 Å². The van der Waals surface area contributed by atoms with E-state index in [1.54, 1.807) is 11.8 Å². The van der Waals surface area contributed by atoms with Crippen molar-refractivity contribution in [2.45, 2.75) is 38.0 Å². The molecule has 0 saturated carbocycles. The van der Waals surface area contributed by atoms with Gasteiger partial charge in [-0.25, -0.2) is 0 Å². The lowest BCUT2D eigenvalue weighted by Gasteiger charge is -2.26. The Hall–Kier alpha value is -3.44. The van der Waals surface area contributed by atoms with Gasteiger partial charge in [0.2, 0.25) is 5.91 Å². The zero-order chi connectivity index (χ0) is 25.1. The van der Waals surface area contributed by atoms with Crippen LogP contribution < -0.4 is 5.32 Å². The van der Waals surface area contributed by atoms with Gasteiger partial charge in [0.15, 0.2) is 0 Å². The molecule has 0 radical (unpaired) electrons. The molecular weight excluding hydrogens is 462 g/mol. The Balaban J connectivity index is 1.54. The van der Waals surface area contributed by atoms with Gasteiger partial charge in [0.1, 0.15) is 0 Å². The van der Waals surface area contributed by atoms with Crippen molar-refractivity contribution in [2.24, 2.45) is 11.8 Å². The molecule has 5 aromatic rings. The Morgan fingerprint density at radius 1 is 0.833 bits per heavy atom. The third kappa shape index (κ3) is 4.80. The molecule has 3 aromatic carbocycles. The summed E-state index contributed by atoms with van der Waals surface area (Å²) < 4.78 is 0. The van der Waals surface area contributed by atoms with Crippen LogP contribution in [0.2, 0.25) is 0 Å². The van der Waals surface area contributed by atoms with Crippen molar-refractivity contribution in [1.29, 1.82) is 0 Å². The van der Waals surface area contributed by atoms with Crippen LogP contribution in [0.3, 0.4) is 0 Å². The van der Waals surface area contributed by atoms with Gasteiger partial charge >= 0.3 is 0 Å². The highest BCUT2D eigenvalue weighted by Gasteiger charge is 2.30. The first-order valence-electron chi connectivity index (χ1n) is 12.7. The van der Waals surface area contributed by atoms with E-state index in [1.807, 2.05) is 18.2 Å². The van der Waals surface area contributed by atoms with E-state index >= 15 is 0 Å². The van der Waals surface area contributed by atoms with Crippen LogP contribution in [0.25, 0.3) is 21.8 Å². The van der Waals surface area contributed by atoms with Crippen molar-refractivity contribution in [3.63, 3.8) is 0 Å². The van der Waals surface area contributed by atoms with Crippen molar-refractivity contribution >= 4 is 45.2 Å². The fraction of sp³-hybridized carbons (Fsp3) is 0.258. The van der Waals surface area contributed by atoms with Crippen LogP contribution in [0.1, 0.15) is 44.2 Å². The summed E-state index contributed by atoms with van der Waals surface area (Å²) in [5, 5.41) is 5.69. The molecule has 0 fully saturated rings. The number of H-pyrrole nitrogens is 2. The summed E-state index contributed by atoms with van der Waals surface area (Å²) in [6.07, 6.45) is 4.97. The highest BCUT2D eigenvalue weighted by Crippen LogP contribution is 2.40. The molecule has 5 heteroatoms. The molecule has 0 aliphatic carbocycles. The SMILES string of the molecule is CCSc1ccccc1NC(=O)C(CC(c1c[nH]c2ccccc12)c1c[nH]c2ccccc12)C(C)C. The molecule has 0 aliphatic rings. The maximum atomic E-state index is 13.8. The van der Waals surface area contributed by atoms with Crippen LogP contribution in [0.4, 0.5) is 5.69 Å². The van der Waals surface area contributed by atoms with E-state index in [0.29, 0.717) is 0 Å². The Morgan fingerprint density at radius 3 is 1.97 bits per heavy atom. The Morgan fingerprint density at radius 2 is 1.39 bits per heavy atom. The van der Waals surface area contributed by atoms with E-state index in [-0.39, 0.29) is 23.7 Å². The topological polar surface area (TPSA) is 60.7 Å². The first-order valence-corrected chi connectivity index (χ1v) is 13.7. The minimum atomic E-state index is -0.156. The Kier molecular flexibility index (Phi) is 7.19. The molecule has 1 unspecified atom stereocenters. The number of aromatic nitrogens is 2.